The third-order valence-electron chi connectivity index (χ3n) is 7.13. The Bertz CT molecular complexity index is 1500. The predicted octanol–water partition coefficient (Wildman–Crippen LogP) is 3.50. The first kappa shape index (κ1) is 26.1. The van der Waals surface area contributed by atoms with Crippen LogP contribution in [-0.2, 0) is 4.74 Å². The van der Waals surface area contributed by atoms with Crippen LogP contribution in [0.3, 0.4) is 0 Å². The second-order valence-corrected chi connectivity index (χ2v) is 10.3. The van der Waals surface area contributed by atoms with E-state index in [0.29, 0.717) is 61.1 Å². The van der Waals surface area contributed by atoms with Crippen LogP contribution in [0.25, 0.3) is 16.7 Å². The number of ether oxygens (including phenoxy) is 1. The molecule has 1 amide bonds. The third kappa shape index (κ3) is 5.19. The van der Waals surface area contributed by atoms with Gasteiger partial charge in [0.05, 0.1) is 30.8 Å². The molecular weight excluding hydrogens is 518 g/mol. The highest BCUT2D eigenvalue weighted by Gasteiger charge is 2.26. The van der Waals surface area contributed by atoms with Crippen molar-refractivity contribution in [1.82, 2.24) is 29.7 Å². The molecule has 10 nitrogen and oxygen atoms in total. The Morgan fingerprint density at radius 1 is 1.02 bits per heavy atom. The van der Waals surface area contributed by atoms with Crippen LogP contribution < -0.4 is 15.5 Å². The van der Waals surface area contributed by atoms with E-state index in [2.05, 4.69) is 44.3 Å². The minimum absolute atomic E-state index is 0.207. The first-order valence-electron chi connectivity index (χ1n) is 13.3. The maximum atomic E-state index is 15.1. The van der Waals surface area contributed by atoms with Gasteiger partial charge in [0.25, 0.3) is 5.91 Å². The van der Waals surface area contributed by atoms with Crippen molar-refractivity contribution in [3.05, 3.63) is 66.1 Å². The van der Waals surface area contributed by atoms with E-state index in [0.717, 1.165) is 31.0 Å². The lowest BCUT2D eigenvalue weighted by molar-refractivity contribution is 0.0296. The first-order valence-corrected chi connectivity index (χ1v) is 13.3. The van der Waals surface area contributed by atoms with Crippen molar-refractivity contribution < 1.29 is 18.3 Å². The summed E-state index contributed by atoms with van der Waals surface area (Å²) < 4.78 is 37.0. The third-order valence-corrected chi connectivity index (χ3v) is 7.13. The van der Waals surface area contributed by atoms with E-state index in [1.807, 2.05) is 12.1 Å². The maximum Gasteiger partial charge on any atom is 0.259 e. The molecule has 208 valence electrons. The molecular formula is C28H30F2N8O2. The van der Waals surface area contributed by atoms with Gasteiger partial charge in [-0.3, -0.25) is 4.79 Å². The van der Waals surface area contributed by atoms with Crippen LogP contribution in [0, 0.1) is 11.6 Å². The molecule has 2 atom stereocenters. The van der Waals surface area contributed by atoms with Crippen molar-refractivity contribution in [1.29, 1.82) is 0 Å². The number of halogens is 2. The van der Waals surface area contributed by atoms with E-state index in [1.54, 1.807) is 29.2 Å². The summed E-state index contributed by atoms with van der Waals surface area (Å²) in [6, 6.07) is 8.68. The van der Waals surface area contributed by atoms with Crippen LogP contribution in [0.1, 0.15) is 24.2 Å². The number of hydrogen-bond donors (Lipinski definition) is 2. The number of nitrogens with zero attached hydrogens (tertiary/aromatic N) is 6. The molecule has 0 saturated carbocycles. The van der Waals surface area contributed by atoms with Gasteiger partial charge in [-0.1, -0.05) is 0 Å². The molecule has 4 aromatic rings. The van der Waals surface area contributed by atoms with E-state index in [1.165, 1.54) is 4.90 Å². The topological polar surface area (TPSA) is 100 Å². The van der Waals surface area contributed by atoms with Crippen molar-refractivity contribution in [2.75, 3.05) is 49.6 Å². The number of piperazine rings is 1. The van der Waals surface area contributed by atoms with E-state index in [9.17, 15) is 4.79 Å². The summed E-state index contributed by atoms with van der Waals surface area (Å²) in [6.45, 7) is 7.34. The van der Waals surface area contributed by atoms with E-state index >= 15 is 8.78 Å². The average molecular weight is 549 g/mol. The number of fused-ring (bicyclic) bond motifs is 1. The van der Waals surface area contributed by atoms with Crippen LogP contribution in [-0.4, -0.2) is 81.8 Å². The summed E-state index contributed by atoms with van der Waals surface area (Å²) >= 11 is 0. The number of hydrogen-bond acceptors (Lipinski definition) is 8. The summed E-state index contributed by atoms with van der Waals surface area (Å²) in [7, 11) is 0. The average Bonchev–Trinajstić information content (AvgIpc) is 3.36. The SMILES string of the molecule is C[C@@H]1CN(c2ccc(Nc3ncc4ccn(-c5cc(F)c(C(=O)N6CCOCC6)c(F)c5)c4n3)cn2)C[C@H](C)N1. The van der Waals surface area contributed by atoms with Crippen LogP contribution >= 0.6 is 0 Å². The standard InChI is InChI=1S/C28H30F2N8O2/c1-17-15-37(16-18(2)33-17)24-4-3-20(14-31-24)34-28-32-13-19-5-6-38(26(19)35-28)21-11-22(29)25(23(30)12-21)27(39)36-7-9-40-10-8-36/h3-6,11-14,17-18,33H,7-10,15-16H2,1-2H3,(H,32,34,35)/t17-,18+. The molecule has 2 fully saturated rings. The Balaban J connectivity index is 1.23. The zero-order chi connectivity index (χ0) is 27.8. The number of rotatable bonds is 5. The smallest absolute Gasteiger partial charge is 0.259 e. The number of benzene rings is 1. The fraction of sp³-hybridized carbons (Fsp3) is 0.357. The molecule has 2 N–H and O–H groups in total. The monoisotopic (exact) mass is 548 g/mol. The summed E-state index contributed by atoms with van der Waals surface area (Å²) in [6.07, 6.45) is 5.02. The highest BCUT2D eigenvalue weighted by Crippen LogP contribution is 2.25. The van der Waals surface area contributed by atoms with Crippen molar-refractivity contribution in [3.8, 4) is 5.69 Å². The number of morpholine rings is 1. The normalized spacial score (nSPS) is 19.7. The van der Waals surface area contributed by atoms with Crippen LogP contribution in [0.5, 0.6) is 0 Å². The first-order chi connectivity index (χ1) is 19.4. The molecule has 6 rings (SSSR count). The molecule has 0 aliphatic carbocycles. The minimum atomic E-state index is -0.930. The number of aromatic nitrogens is 4. The van der Waals surface area contributed by atoms with Crippen molar-refractivity contribution >= 4 is 34.4 Å². The molecule has 40 heavy (non-hydrogen) atoms. The second kappa shape index (κ2) is 10.8. The van der Waals surface area contributed by atoms with Crippen LogP contribution in [0.15, 0.2) is 48.9 Å². The van der Waals surface area contributed by atoms with Crippen molar-refractivity contribution in [2.24, 2.45) is 0 Å². The van der Waals surface area contributed by atoms with E-state index in [-0.39, 0.29) is 5.69 Å². The largest absolute Gasteiger partial charge is 0.378 e. The Morgan fingerprint density at radius 3 is 2.42 bits per heavy atom. The molecule has 0 unspecified atom stereocenters. The molecule has 5 heterocycles. The van der Waals surface area contributed by atoms with Crippen molar-refractivity contribution in [2.45, 2.75) is 25.9 Å². The zero-order valence-corrected chi connectivity index (χ0v) is 22.3. The zero-order valence-electron chi connectivity index (χ0n) is 22.3. The molecule has 3 aromatic heterocycles. The van der Waals surface area contributed by atoms with Gasteiger partial charge in [0, 0.05) is 56.0 Å². The quantitative estimate of drug-likeness (QED) is 0.391. The Hall–Kier alpha value is -4.16. The minimum Gasteiger partial charge on any atom is -0.378 e. The van der Waals surface area contributed by atoms with Gasteiger partial charge in [0.15, 0.2) is 0 Å². The number of pyridine rings is 1. The molecule has 2 saturated heterocycles. The number of amides is 1. The van der Waals surface area contributed by atoms with Gasteiger partial charge in [-0.25, -0.2) is 18.7 Å². The number of anilines is 3. The highest BCUT2D eigenvalue weighted by molar-refractivity contribution is 5.95. The molecule has 0 radical (unpaired) electrons. The van der Waals surface area contributed by atoms with Crippen LogP contribution in [0.2, 0.25) is 0 Å². The number of nitrogens with one attached hydrogen (secondary N) is 2. The Labute approximate surface area is 230 Å². The highest BCUT2D eigenvalue weighted by atomic mass is 19.1. The lowest BCUT2D eigenvalue weighted by atomic mass is 10.1. The van der Waals surface area contributed by atoms with Gasteiger partial charge in [0.2, 0.25) is 5.95 Å². The Morgan fingerprint density at radius 2 is 1.75 bits per heavy atom. The lowest BCUT2D eigenvalue weighted by Crippen LogP contribution is -2.54. The second-order valence-electron chi connectivity index (χ2n) is 10.3. The number of carbonyl (C=O) groups excluding carboxylic acids is 1. The lowest BCUT2D eigenvalue weighted by Gasteiger charge is -2.36. The summed E-state index contributed by atoms with van der Waals surface area (Å²) in [5.41, 5.74) is 0.802. The molecule has 2 aliphatic heterocycles. The van der Waals surface area contributed by atoms with E-state index in [4.69, 9.17) is 4.74 Å². The summed E-state index contributed by atoms with van der Waals surface area (Å²) in [5.74, 6) is -1.33. The predicted molar refractivity (Wildman–Crippen MR) is 147 cm³/mol. The molecule has 0 spiro atoms. The van der Waals surface area contributed by atoms with Gasteiger partial charge in [-0.05, 0) is 44.2 Å². The van der Waals surface area contributed by atoms with Gasteiger partial charge in [-0.15, -0.1) is 0 Å². The van der Waals surface area contributed by atoms with Crippen LogP contribution in [0.4, 0.5) is 26.2 Å². The van der Waals surface area contributed by atoms with Gasteiger partial charge >= 0.3 is 0 Å². The van der Waals surface area contributed by atoms with E-state index < -0.39 is 23.1 Å². The number of carbonyl (C=O) groups is 1. The molecule has 2 aliphatic rings. The molecule has 1 aromatic carbocycles. The molecule has 12 heteroatoms. The van der Waals surface area contributed by atoms with Gasteiger partial charge in [-0.2, -0.15) is 4.98 Å². The van der Waals surface area contributed by atoms with Crippen molar-refractivity contribution in [3.63, 3.8) is 0 Å². The summed E-state index contributed by atoms with van der Waals surface area (Å²) in [5, 5.41) is 7.36. The summed E-state index contributed by atoms with van der Waals surface area (Å²) in [4.78, 5) is 30.0. The fourth-order valence-corrected chi connectivity index (χ4v) is 5.30. The maximum absolute atomic E-state index is 15.1. The molecule has 0 bridgehead atoms. The van der Waals surface area contributed by atoms with Gasteiger partial charge in [0.1, 0.15) is 28.7 Å². The fourth-order valence-electron chi connectivity index (χ4n) is 5.30. The van der Waals surface area contributed by atoms with Gasteiger partial charge < -0.3 is 29.7 Å². The Kier molecular flexibility index (Phi) is 7.03.